The molecule has 1 aliphatic rings. The molecule has 1 fully saturated rings. The Balaban J connectivity index is 1.77. The van der Waals surface area contributed by atoms with E-state index in [1.165, 1.54) is 0 Å². The molecule has 1 saturated heterocycles. The third-order valence-electron chi connectivity index (χ3n) is 3.39. The molecule has 3 N–H and O–H groups in total. The van der Waals surface area contributed by atoms with E-state index in [1.54, 1.807) is 7.11 Å². The van der Waals surface area contributed by atoms with Crippen LogP contribution in [0.2, 0.25) is 0 Å². The van der Waals surface area contributed by atoms with Gasteiger partial charge in [-0.1, -0.05) is 12.1 Å². The SMILES string of the molecule is COc1ccc(CC(=O)NCC2CNCC2O)cc1. The van der Waals surface area contributed by atoms with E-state index >= 15 is 0 Å². The molecular formula is C14H20N2O3. The minimum Gasteiger partial charge on any atom is -0.497 e. The van der Waals surface area contributed by atoms with Gasteiger partial charge in [0, 0.05) is 25.6 Å². The van der Waals surface area contributed by atoms with E-state index in [4.69, 9.17) is 4.74 Å². The molecule has 0 aliphatic carbocycles. The van der Waals surface area contributed by atoms with E-state index < -0.39 is 0 Å². The molecule has 5 heteroatoms. The number of nitrogens with one attached hydrogen (secondary N) is 2. The third-order valence-corrected chi connectivity index (χ3v) is 3.39. The van der Waals surface area contributed by atoms with E-state index in [0.717, 1.165) is 17.9 Å². The van der Waals surface area contributed by atoms with E-state index in [9.17, 15) is 9.90 Å². The van der Waals surface area contributed by atoms with Crippen LogP contribution in [-0.4, -0.2) is 43.9 Å². The van der Waals surface area contributed by atoms with Gasteiger partial charge < -0.3 is 20.5 Å². The molecule has 0 radical (unpaired) electrons. The van der Waals surface area contributed by atoms with Crippen molar-refractivity contribution in [1.82, 2.24) is 10.6 Å². The highest BCUT2D eigenvalue weighted by Gasteiger charge is 2.24. The van der Waals surface area contributed by atoms with Crippen LogP contribution in [-0.2, 0) is 11.2 Å². The summed E-state index contributed by atoms with van der Waals surface area (Å²) in [5.74, 6) is 0.869. The Labute approximate surface area is 113 Å². The Morgan fingerprint density at radius 1 is 1.42 bits per heavy atom. The van der Waals surface area contributed by atoms with Crippen molar-refractivity contribution in [3.63, 3.8) is 0 Å². The highest BCUT2D eigenvalue weighted by molar-refractivity contribution is 5.78. The number of rotatable bonds is 5. The summed E-state index contributed by atoms with van der Waals surface area (Å²) >= 11 is 0. The highest BCUT2D eigenvalue weighted by atomic mass is 16.5. The minimum absolute atomic E-state index is 0.0238. The number of ether oxygens (including phenoxy) is 1. The number of β-amino-alcohol motifs (C(OH)–C–C–N with tert-alkyl or cyclic N) is 1. The van der Waals surface area contributed by atoms with Gasteiger partial charge in [0.2, 0.25) is 5.91 Å². The summed E-state index contributed by atoms with van der Waals surface area (Å²) in [6.07, 6.45) is -0.0125. The summed E-state index contributed by atoms with van der Waals surface area (Å²) in [6, 6.07) is 7.44. The smallest absolute Gasteiger partial charge is 0.224 e. The molecule has 5 nitrogen and oxygen atoms in total. The maximum absolute atomic E-state index is 11.8. The quantitative estimate of drug-likeness (QED) is 0.696. The number of methoxy groups -OCH3 is 1. The van der Waals surface area contributed by atoms with Crippen LogP contribution in [0, 0.1) is 5.92 Å². The Morgan fingerprint density at radius 3 is 2.74 bits per heavy atom. The molecule has 0 bridgehead atoms. The third kappa shape index (κ3) is 3.94. The predicted octanol–water partition coefficient (Wildman–Crippen LogP) is -0.0658. The van der Waals surface area contributed by atoms with Gasteiger partial charge in [0.05, 0.1) is 19.6 Å². The summed E-state index contributed by atoms with van der Waals surface area (Å²) in [6.45, 7) is 1.88. The van der Waals surface area contributed by atoms with Crippen LogP contribution in [0.25, 0.3) is 0 Å². The summed E-state index contributed by atoms with van der Waals surface area (Å²) < 4.78 is 5.07. The lowest BCUT2D eigenvalue weighted by atomic mass is 10.1. The fraction of sp³-hybridized carbons (Fsp3) is 0.500. The van der Waals surface area contributed by atoms with Gasteiger partial charge >= 0.3 is 0 Å². The summed E-state index contributed by atoms with van der Waals surface area (Å²) in [5, 5.41) is 15.6. The maximum atomic E-state index is 11.8. The number of carbonyl (C=O) groups is 1. The topological polar surface area (TPSA) is 70.6 Å². The zero-order valence-electron chi connectivity index (χ0n) is 11.1. The average molecular weight is 264 g/mol. The second-order valence-corrected chi connectivity index (χ2v) is 4.81. The largest absolute Gasteiger partial charge is 0.497 e. The lowest BCUT2D eigenvalue weighted by Crippen LogP contribution is -2.35. The Hall–Kier alpha value is -1.59. The molecule has 104 valence electrons. The number of carbonyl (C=O) groups excluding carboxylic acids is 1. The molecule has 1 aromatic carbocycles. The summed E-state index contributed by atoms with van der Waals surface area (Å²) in [4.78, 5) is 11.8. The van der Waals surface area contributed by atoms with E-state index in [2.05, 4.69) is 10.6 Å². The summed E-state index contributed by atoms with van der Waals surface area (Å²) in [7, 11) is 1.61. The first-order chi connectivity index (χ1) is 9.19. The number of aliphatic hydroxyl groups excluding tert-OH is 1. The molecular weight excluding hydrogens is 244 g/mol. The van der Waals surface area contributed by atoms with Gasteiger partial charge in [0.15, 0.2) is 0 Å². The molecule has 2 atom stereocenters. The van der Waals surface area contributed by atoms with Crippen LogP contribution in [0.4, 0.5) is 0 Å². The molecule has 0 spiro atoms. The van der Waals surface area contributed by atoms with Crippen LogP contribution in [0.3, 0.4) is 0 Å². The van der Waals surface area contributed by atoms with Crippen LogP contribution >= 0.6 is 0 Å². The lowest BCUT2D eigenvalue weighted by molar-refractivity contribution is -0.120. The number of hydrogen-bond acceptors (Lipinski definition) is 4. The molecule has 0 saturated carbocycles. The Bertz CT molecular complexity index is 419. The molecule has 19 heavy (non-hydrogen) atoms. The highest BCUT2D eigenvalue weighted by Crippen LogP contribution is 2.12. The van der Waals surface area contributed by atoms with E-state index in [0.29, 0.717) is 19.5 Å². The van der Waals surface area contributed by atoms with Gasteiger partial charge in [-0.25, -0.2) is 0 Å². The fourth-order valence-corrected chi connectivity index (χ4v) is 2.16. The van der Waals surface area contributed by atoms with Gasteiger partial charge in [0.25, 0.3) is 0 Å². The molecule has 2 unspecified atom stereocenters. The van der Waals surface area contributed by atoms with Crippen molar-refractivity contribution in [3.05, 3.63) is 29.8 Å². The van der Waals surface area contributed by atoms with Gasteiger partial charge in [-0.3, -0.25) is 4.79 Å². The van der Waals surface area contributed by atoms with Gasteiger partial charge in [-0.15, -0.1) is 0 Å². The van der Waals surface area contributed by atoms with Crippen LogP contribution < -0.4 is 15.4 Å². The van der Waals surface area contributed by atoms with Crippen molar-refractivity contribution < 1.29 is 14.6 Å². The minimum atomic E-state index is -0.360. The van der Waals surface area contributed by atoms with Crippen molar-refractivity contribution >= 4 is 5.91 Å². The second-order valence-electron chi connectivity index (χ2n) is 4.81. The maximum Gasteiger partial charge on any atom is 0.224 e. The fourth-order valence-electron chi connectivity index (χ4n) is 2.16. The summed E-state index contributed by atoms with van der Waals surface area (Å²) in [5.41, 5.74) is 0.948. The molecule has 0 aromatic heterocycles. The first-order valence-electron chi connectivity index (χ1n) is 6.47. The number of benzene rings is 1. The molecule has 1 aromatic rings. The first-order valence-corrected chi connectivity index (χ1v) is 6.47. The van der Waals surface area contributed by atoms with E-state index in [1.807, 2.05) is 24.3 Å². The van der Waals surface area contributed by atoms with Crippen molar-refractivity contribution in [3.8, 4) is 5.75 Å². The standard InChI is InChI=1S/C14H20N2O3/c1-19-12-4-2-10(3-5-12)6-14(18)16-8-11-7-15-9-13(11)17/h2-5,11,13,15,17H,6-9H2,1H3,(H,16,18). The van der Waals surface area contributed by atoms with Gasteiger partial charge in [0.1, 0.15) is 5.75 Å². The number of aliphatic hydroxyl groups is 1. The Kier molecular flexibility index (Phi) is 4.76. The van der Waals surface area contributed by atoms with Crippen LogP contribution in [0.1, 0.15) is 5.56 Å². The predicted molar refractivity (Wildman–Crippen MR) is 72.1 cm³/mol. The van der Waals surface area contributed by atoms with Crippen molar-refractivity contribution in [2.24, 2.45) is 5.92 Å². The average Bonchev–Trinajstić information content (AvgIpc) is 2.83. The first kappa shape index (κ1) is 13.8. The molecule has 1 amide bonds. The number of amides is 1. The number of hydrogen-bond donors (Lipinski definition) is 3. The molecule has 2 rings (SSSR count). The van der Waals surface area contributed by atoms with Crippen molar-refractivity contribution in [2.45, 2.75) is 12.5 Å². The molecule has 1 aliphatic heterocycles. The van der Waals surface area contributed by atoms with Gasteiger partial charge in [-0.05, 0) is 17.7 Å². The normalized spacial score (nSPS) is 22.2. The van der Waals surface area contributed by atoms with E-state index in [-0.39, 0.29) is 17.9 Å². The van der Waals surface area contributed by atoms with Crippen molar-refractivity contribution in [2.75, 3.05) is 26.7 Å². The Morgan fingerprint density at radius 2 is 2.16 bits per heavy atom. The lowest BCUT2D eigenvalue weighted by Gasteiger charge is -2.14. The second kappa shape index (κ2) is 6.54. The monoisotopic (exact) mass is 264 g/mol. The van der Waals surface area contributed by atoms with Crippen molar-refractivity contribution in [1.29, 1.82) is 0 Å². The zero-order valence-corrected chi connectivity index (χ0v) is 11.1. The van der Waals surface area contributed by atoms with Gasteiger partial charge in [-0.2, -0.15) is 0 Å². The van der Waals surface area contributed by atoms with Crippen LogP contribution in [0.5, 0.6) is 5.75 Å². The molecule has 1 heterocycles. The van der Waals surface area contributed by atoms with Crippen LogP contribution in [0.15, 0.2) is 24.3 Å². The zero-order chi connectivity index (χ0) is 13.7.